The van der Waals surface area contributed by atoms with Crippen LogP contribution in [0.15, 0.2) is 23.1 Å². The maximum Gasteiger partial charge on any atom is 0.246 e. The smallest absolute Gasteiger partial charge is 0.246 e. The molecule has 0 unspecified atom stereocenters. The molecule has 0 spiro atoms. The first-order valence-corrected chi connectivity index (χ1v) is 11.1. The van der Waals surface area contributed by atoms with Gasteiger partial charge in [-0.2, -0.15) is 4.31 Å². The Hall–Kier alpha value is -2.10. The number of piperazine rings is 1. The number of nitrogens with zero attached hydrogens (tertiary/aromatic N) is 5. The number of hydrogen-bond donors (Lipinski definition) is 0. The zero-order valence-corrected chi connectivity index (χ0v) is 18.9. The van der Waals surface area contributed by atoms with Crippen molar-refractivity contribution in [2.45, 2.75) is 18.7 Å². The molecule has 0 N–H and O–H groups in total. The number of benzene rings is 1. The molecule has 10 heteroatoms. The lowest BCUT2D eigenvalue weighted by molar-refractivity contribution is 0.373. The van der Waals surface area contributed by atoms with Crippen molar-refractivity contribution in [3.05, 3.63) is 34.6 Å². The summed E-state index contributed by atoms with van der Waals surface area (Å²) in [6.45, 7) is 5.42. The summed E-state index contributed by atoms with van der Waals surface area (Å²) in [6.07, 6.45) is 0. The first kappa shape index (κ1) is 21.6. The van der Waals surface area contributed by atoms with Gasteiger partial charge in [0.25, 0.3) is 0 Å². The zero-order valence-electron chi connectivity index (χ0n) is 17.3. The van der Waals surface area contributed by atoms with Gasteiger partial charge in [0.15, 0.2) is 0 Å². The Morgan fingerprint density at radius 1 is 1.07 bits per heavy atom. The number of sulfonamides is 1. The van der Waals surface area contributed by atoms with Crippen LogP contribution in [0.2, 0.25) is 5.02 Å². The van der Waals surface area contributed by atoms with Gasteiger partial charge in [0.1, 0.15) is 28.1 Å². The topological polar surface area (TPSA) is 78.9 Å². The van der Waals surface area contributed by atoms with E-state index >= 15 is 0 Å². The lowest BCUT2D eigenvalue weighted by Gasteiger charge is -2.35. The van der Waals surface area contributed by atoms with E-state index < -0.39 is 10.0 Å². The predicted octanol–water partition coefficient (Wildman–Crippen LogP) is 2.33. The SMILES string of the molecule is COc1cc(C)c(Cl)cc1S(=O)(=O)N1CCN(c2cc(N(C)C)nc(C)n2)CC1. The normalized spacial score (nSPS) is 15.4. The fourth-order valence-electron chi connectivity index (χ4n) is 3.22. The maximum absolute atomic E-state index is 13.2. The molecule has 158 valence electrons. The minimum Gasteiger partial charge on any atom is -0.495 e. The third-order valence-electron chi connectivity index (χ3n) is 4.89. The molecule has 3 rings (SSSR count). The van der Waals surface area contributed by atoms with E-state index in [0.29, 0.717) is 42.8 Å². The van der Waals surface area contributed by atoms with Gasteiger partial charge in [0.05, 0.1) is 7.11 Å². The Labute approximate surface area is 177 Å². The van der Waals surface area contributed by atoms with Crippen LogP contribution in [0.5, 0.6) is 5.75 Å². The number of aryl methyl sites for hydroxylation is 2. The monoisotopic (exact) mass is 439 g/mol. The van der Waals surface area contributed by atoms with Gasteiger partial charge in [0, 0.05) is 51.4 Å². The van der Waals surface area contributed by atoms with Gasteiger partial charge in [-0.25, -0.2) is 18.4 Å². The van der Waals surface area contributed by atoms with Crippen molar-refractivity contribution in [3.63, 3.8) is 0 Å². The maximum atomic E-state index is 13.2. The molecule has 0 bridgehead atoms. The van der Waals surface area contributed by atoms with Crippen molar-refractivity contribution in [3.8, 4) is 5.75 Å². The highest BCUT2D eigenvalue weighted by Gasteiger charge is 2.32. The van der Waals surface area contributed by atoms with Gasteiger partial charge in [-0.3, -0.25) is 0 Å². The third-order valence-corrected chi connectivity index (χ3v) is 7.22. The second-order valence-corrected chi connectivity index (χ2v) is 9.48. The molecule has 1 aliphatic heterocycles. The van der Waals surface area contributed by atoms with Crippen LogP contribution in [0.4, 0.5) is 11.6 Å². The highest BCUT2D eigenvalue weighted by Crippen LogP contribution is 2.32. The van der Waals surface area contributed by atoms with Crippen LogP contribution >= 0.6 is 11.6 Å². The molecule has 0 amide bonds. The molecule has 1 fully saturated rings. The summed E-state index contributed by atoms with van der Waals surface area (Å²) in [4.78, 5) is 13.0. The van der Waals surface area contributed by atoms with Gasteiger partial charge in [-0.1, -0.05) is 11.6 Å². The summed E-state index contributed by atoms with van der Waals surface area (Å²) in [7, 11) is 1.59. The second kappa shape index (κ2) is 8.33. The zero-order chi connectivity index (χ0) is 21.3. The molecule has 2 aromatic rings. The molecule has 1 aromatic heterocycles. The van der Waals surface area contributed by atoms with E-state index in [9.17, 15) is 8.42 Å². The second-order valence-electron chi connectivity index (χ2n) is 7.17. The average Bonchev–Trinajstić information content (AvgIpc) is 2.69. The van der Waals surface area contributed by atoms with Crippen molar-refractivity contribution in [2.24, 2.45) is 0 Å². The van der Waals surface area contributed by atoms with E-state index in [2.05, 4.69) is 14.9 Å². The van der Waals surface area contributed by atoms with Gasteiger partial charge >= 0.3 is 0 Å². The number of halogens is 1. The Morgan fingerprint density at radius 2 is 1.72 bits per heavy atom. The Kier molecular flexibility index (Phi) is 6.21. The number of methoxy groups -OCH3 is 1. The minimum absolute atomic E-state index is 0.0943. The van der Waals surface area contributed by atoms with Crippen LogP contribution in [-0.4, -0.2) is 70.1 Å². The molecule has 1 saturated heterocycles. The fraction of sp³-hybridized carbons (Fsp3) is 0.474. The van der Waals surface area contributed by atoms with Crippen LogP contribution < -0.4 is 14.5 Å². The van der Waals surface area contributed by atoms with E-state index in [4.69, 9.17) is 16.3 Å². The average molecular weight is 440 g/mol. The molecular weight excluding hydrogens is 414 g/mol. The van der Waals surface area contributed by atoms with Crippen molar-refractivity contribution < 1.29 is 13.2 Å². The molecule has 0 aliphatic carbocycles. The van der Waals surface area contributed by atoms with Crippen LogP contribution in [0.3, 0.4) is 0 Å². The van der Waals surface area contributed by atoms with E-state index in [1.165, 1.54) is 17.5 Å². The fourth-order valence-corrected chi connectivity index (χ4v) is 5.04. The molecule has 0 atom stereocenters. The van der Waals surface area contributed by atoms with E-state index in [1.807, 2.05) is 38.9 Å². The number of rotatable bonds is 5. The van der Waals surface area contributed by atoms with Crippen molar-refractivity contribution in [1.82, 2.24) is 14.3 Å². The van der Waals surface area contributed by atoms with Crippen LogP contribution in [-0.2, 0) is 10.0 Å². The molecule has 1 aromatic carbocycles. The summed E-state index contributed by atoms with van der Waals surface area (Å²) in [5.74, 6) is 2.60. The Morgan fingerprint density at radius 3 is 2.31 bits per heavy atom. The van der Waals surface area contributed by atoms with Gasteiger partial charge < -0.3 is 14.5 Å². The summed E-state index contributed by atoms with van der Waals surface area (Å²) in [5, 5.41) is 0.399. The molecule has 8 nitrogen and oxygen atoms in total. The van der Waals surface area contributed by atoms with Crippen molar-refractivity contribution in [2.75, 3.05) is 57.2 Å². The third kappa shape index (κ3) is 4.41. The quantitative estimate of drug-likeness (QED) is 0.707. The predicted molar refractivity (Wildman–Crippen MR) is 115 cm³/mol. The van der Waals surface area contributed by atoms with E-state index in [0.717, 1.165) is 17.2 Å². The van der Waals surface area contributed by atoms with Crippen LogP contribution in [0.1, 0.15) is 11.4 Å². The summed E-state index contributed by atoms with van der Waals surface area (Å²) in [5.41, 5.74) is 0.767. The first-order valence-electron chi connectivity index (χ1n) is 9.25. The van der Waals surface area contributed by atoms with Gasteiger partial charge in [-0.15, -0.1) is 0 Å². The van der Waals surface area contributed by atoms with E-state index in [1.54, 1.807) is 6.07 Å². The number of anilines is 2. The molecular formula is C19H26ClN5O3S. The standard InChI is InChI=1S/C19H26ClN5O3S/c1-13-10-16(28-5)17(11-15(13)20)29(26,27)25-8-6-24(7-9-25)19-12-18(23(3)4)21-14(2)22-19/h10-12H,6-9H2,1-5H3. The van der Waals surface area contributed by atoms with Crippen LogP contribution in [0.25, 0.3) is 0 Å². The van der Waals surface area contributed by atoms with Crippen LogP contribution in [0, 0.1) is 13.8 Å². The Balaban J connectivity index is 1.81. The van der Waals surface area contributed by atoms with Gasteiger partial charge in [0.2, 0.25) is 10.0 Å². The highest BCUT2D eigenvalue weighted by atomic mass is 35.5. The first-order chi connectivity index (χ1) is 13.6. The summed E-state index contributed by atoms with van der Waals surface area (Å²) >= 11 is 6.18. The summed E-state index contributed by atoms with van der Waals surface area (Å²) < 4.78 is 33.2. The number of aromatic nitrogens is 2. The molecule has 1 aliphatic rings. The minimum atomic E-state index is -3.72. The largest absolute Gasteiger partial charge is 0.495 e. The Bertz CT molecular complexity index is 1010. The highest BCUT2D eigenvalue weighted by molar-refractivity contribution is 7.89. The van der Waals surface area contributed by atoms with Crippen molar-refractivity contribution in [1.29, 1.82) is 0 Å². The van der Waals surface area contributed by atoms with Crippen molar-refractivity contribution >= 4 is 33.3 Å². The molecule has 0 radical (unpaired) electrons. The van der Waals surface area contributed by atoms with Gasteiger partial charge in [-0.05, 0) is 31.5 Å². The lowest BCUT2D eigenvalue weighted by atomic mass is 10.2. The molecule has 2 heterocycles. The number of ether oxygens (including phenoxy) is 1. The number of hydrogen-bond acceptors (Lipinski definition) is 7. The molecule has 0 saturated carbocycles. The van der Waals surface area contributed by atoms with E-state index in [-0.39, 0.29) is 4.90 Å². The molecule has 29 heavy (non-hydrogen) atoms. The summed E-state index contributed by atoms with van der Waals surface area (Å²) in [6, 6.07) is 5.03. The lowest BCUT2D eigenvalue weighted by Crippen LogP contribution is -2.49.